The second-order valence-corrected chi connectivity index (χ2v) is 6.63. The van der Waals surface area contributed by atoms with Crippen molar-refractivity contribution in [3.8, 4) is 5.75 Å². The van der Waals surface area contributed by atoms with Gasteiger partial charge in [0.05, 0.1) is 12.1 Å². The highest BCUT2D eigenvalue weighted by Crippen LogP contribution is 2.32. The van der Waals surface area contributed by atoms with Gasteiger partial charge in [-0.05, 0) is 36.5 Å². The summed E-state index contributed by atoms with van der Waals surface area (Å²) in [7, 11) is 0. The molecule has 1 amide bonds. The lowest BCUT2D eigenvalue weighted by molar-refractivity contribution is -0.123. The fraction of sp³-hybridized carbons (Fsp3) is 0.562. The Balaban J connectivity index is 2.83. The van der Waals surface area contributed by atoms with Crippen LogP contribution in [0.25, 0.3) is 0 Å². The van der Waals surface area contributed by atoms with Crippen LogP contribution >= 0.6 is 0 Å². The highest BCUT2D eigenvalue weighted by Gasteiger charge is 2.26. The number of primary amides is 1. The average Bonchev–Trinajstić information content (AvgIpc) is 2.26. The van der Waals surface area contributed by atoms with Crippen LogP contribution in [0.3, 0.4) is 0 Å². The van der Waals surface area contributed by atoms with Gasteiger partial charge < -0.3 is 16.2 Å². The van der Waals surface area contributed by atoms with E-state index in [4.69, 9.17) is 16.2 Å². The Morgan fingerprint density at radius 1 is 1.25 bits per heavy atom. The van der Waals surface area contributed by atoms with Gasteiger partial charge in [0.2, 0.25) is 5.91 Å². The minimum atomic E-state index is -1.04. The number of carbonyl (C=O) groups is 1. The highest BCUT2D eigenvalue weighted by molar-refractivity contribution is 5.83. The third-order valence-electron chi connectivity index (χ3n) is 3.39. The summed E-state index contributed by atoms with van der Waals surface area (Å²) in [4.78, 5) is 11.2. The van der Waals surface area contributed by atoms with E-state index in [2.05, 4.69) is 32.9 Å². The molecule has 0 aliphatic carbocycles. The highest BCUT2D eigenvalue weighted by atomic mass is 16.5. The van der Waals surface area contributed by atoms with Crippen molar-refractivity contribution in [1.29, 1.82) is 0 Å². The summed E-state index contributed by atoms with van der Waals surface area (Å²) in [5.74, 6) is 0.333. The van der Waals surface area contributed by atoms with Gasteiger partial charge in [-0.15, -0.1) is 0 Å². The molecule has 1 atom stereocenters. The van der Waals surface area contributed by atoms with Crippen molar-refractivity contribution in [2.24, 2.45) is 11.5 Å². The van der Waals surface area contributed by atoms with Crippen LogP contribution < -0.4 is 16.2 Å². The lowest BCUT2D eigenvalue weighted by atomic mass is 9.86. The number of nitrogens with two attached hydrogens (primary N) is 2. The molecule has 0 spiro atoms. The molecule has 0 fully saturated rings. The standard InChI is InChI=1S/C16H26N2O2/c1-11-6-7-12(15(2,3)4)13(10-11)20-9-8-16(5,18)14(17)19/h6-7,10H,8-9,18H2,1-5H3,(H2,17,19). The topological polar surface area (TPSA) is 78.3 Å². The zero-order valence-electron chi connectivity index (χ0n) is 13.1. The van der Waals surface area contributed by atoms with Gasteiger partial charge in [0, 0.05) is 6.42 Å². The second kappa shape index (κ2) is 5.83. The van der Waals surface area contributed by atoms with E-state index in [0.29, 0.717) is 13.0 Å². The summed E-state index contributed by atoms with van der Waals surface area (Å²) < 4.78 is 5.84. The number of carbonyl (C=O) groups excluding carboxylic acids is 1. The predicted octanol–water partition coefficient (Wildman–Crippen LogP) is 2.26. The van der Waals surface area contributed by atoms with E-state index < -0.39 is 11.4 Å². The van der Waals surface area contributed by atoms with E-state index in [1.807, 2.05) is 13.0 Å². The SMILES string of the molecule is Cc1ccc(C(C)(C)C)c(OCCC(C)(N)C(N)=O)c1. The van der Waals surface area contributed by atoms with Crippen LogP contribution in [0, 0.1) is 6.92 Å². The number of hydrogen-bond donors (Lipinski definition) is 2. The fourth-order valence-corrected chi connectivity index (χ4v) is 1.86. The van der Waals surface area contributed by atoms with Gasteiger partial charge in [-0.2, -0.15) is 0 Å². The Bertz CT molecular complexity index is 488. The molecule has 0 saturated carbocycles. The van der Waals surface area contributed by atoms with E-state index in [-0.39, 0.29) is 5.41 Å². The van der Waals surface area contributed by atoms with Crippen LogP contribution in [0.1, 0.15) is 45.2 Å². The minimum absolute atomic E-state index is 0.00125. The van der Waals surface area contributed by atoms with Crippen molar-refractivity contribution in [3.63, 3.8) is 0 Å². The maximum Gasteiger partial charge on any atom is 0.237 e. The maximum atomic E-state index is 11.2. The van der Waals surface area contributed by atoms with Crippen LogP contribution in [0.15, 0.2) is 18.2 Å². The summed E-state index contributed by atoms with van der Waals surface area (Å²) in [5, 5.41) is 0. The lowest BCUT2D eigenvalue weighted by Gasteiger charge is -2.25. The van der Waals surface area contributed by atoms with E-state index in [1.54, 1.807) is 6.92 Å². The Hall–Kier alpha value is -1.55. The molecule has 112 valence electrons. The molecule has 1 rings (SSSR count). The first-order chi connectivity index (χ1) is 9.04. The third-order valence-corrected chi connectivity index (χ3v) is 3.39. The Morgan fingerprint density at radius 2 is 1.85 bits per heavy atom. The first-order valence-corrected chi connectivity index (χ1v) is 6.87. The number of aryl methyl sites for hydroxylation is 1. The summed E-state index contributed by atoms with van der Waals surface area (Å²) in [6.07, 6.45) is 0.389. The van der Waals surface area contributed by atoms with Crippen LogP contribution in [0.5, 0.6) is 5.75 Å². The zero-order chi connectivity index (χ0) is 15.6. The molecule has 0 aliphatic rings. The number of rotatable bonds is 5. The number of hydrogen-bond acceptors (Lipinski definition) is 3. The quantitative estimate of drug-likeness (QED) is 0.867. The number of benzene rings is 1. The molecule has 0 bridgehead atoms. The fourth-order valence-electron chi connectivity index (χ4n) is 1.86. The van der Waals surface area contributed by atoms with E-state index in [1.165, 1.54) is 0 Å². The van der Waals surface area contributed by atoms with Gasteiger partial charge in [0.15, 0.2) is 0 Å². The number of amides is 1. The zero-order valence-corrected chi connectivity index (χ0v) is 13.1. The van der Waals surface area contributed by atoms with Crippen molar-refractivity contribution in [2.75, 3.05) is 6.61 Å². The smallest absolute Gasteiger partial charge is 0.237 e. The normalized spacial score (nSPS) is 14.7. The summed E-state index contributed by atoms with van der Waals surface area (Å²) in [5.41, 5.74) is 12.3. The summed E-state index contributed by atoms with van der Waals surface area (Å²) >= 11 is 0. The number of ether oxygens (including phenoxy) is 1. The monoisotopic (exact) mass is 278 g/mol. The molecule has 0 aliphatic heterocycles. The van der Waals surface area contributed by atoms with Crippen molar-refractivity contribution < 1.29 is 9.53 Å². The van der Waals surface area contributed by atoms with Gasteiger partial charge in [0.1, 0.15) is 5.75 Å². The van der Waals surface area contributed by atoms with Crippen LogP contribution in [-0.2, 0) is 10.2 Å². The van der Waals surface area contributed by atoms with E-state index >= 15 is 0 Å². The Labute approximate surface area is 121 Å². The van der Waals surface area contributed by atoms with E-state index in [0.717, 1.165) is 16.9 Å². The third kappa shape index (κ3) is 4.23. The van der Waals surface area contributed by atoms with E-state index in [9.17, 15) is 4.79 Å². The second-order valence-electron chi connectivity index (χ2n) is 6.63. The largest absolute Gasteiger partial charge is 0.493 e. The Kier molecular flexibility index (Phi) is 4.81. The molecule has 1 unspecified atom stereocenters. The van der Waals surface area contributed by atoms with Gasteiger partial charge in [-0.1, -0.05) is 32.9 Å². The maximum absolute atomic E-state index is 11.2. The molecule has 1 aromatic rings. The summed E-state index contributed by atoms with van der Waals surface area (Å²) in [6, 6.07) is 6.17. The van der Waals surface area contributed by atoms with Crippen LogP contribution in [0.4, 0.5) is 0 Å². The predicted molar refractivity (Wildman–Crippen MR) is 81.8 cm³/mol. The first kappa shape index (κ1) is 16.5. The van der Waals surface area contributed by atoms with Crippen LogP contribution in [-0.4, -0.2) is 18.1 Å². The molecular formula is C16H26N2O2. The van der Waals surface area contributed by atoms with Crippen molar-refractivity contribution >= 4 is 5.91 Å². The van der Waals surface area contributed by atoms with Crippen molar-refractivity contribution in [3.05, 3.63) is 29.3 Å². The molecule has 4 heteroatoms. The molecule has 4 N–H and O–H groups in total. The molecule has 0 heterocycles. The van der Waals surface area contributed by atoms with Gasteiger partial charge in [0.25, 0.3) is 0 Å². The van der Waals surface area contributed by atoms with Gasteiger partial charge in [-0.3, -0.25) is 4.79 Å². The van der Waals surface area contributed by atoms with Gasteiger partial charge in [-0.25, -0.2) is 0 Å². The Morgan fingerprint density at radius 3 is 2.35 bits per heavy atom. The van der Waals surface area contributed by atoms with Crippen LogP contribution in [0.2, 0.25) is 0 Å². The minimum Gasteiger partial charge on any atom is -0.493 e. The molecule has 4 nitrogen and oxygen atoms in total. The molecule has 1 aromatic carbocycles. The molecule has 0 radical (unpaired) electrons. The molecule has 0 saturated heterocycles. The molecule has 0 aromatic heterocycles. The molecule has 20 heavy (non-hydrogen) atoms. The lowest BCUT2D eigenvalue weighted by Crippen LogP contribution is -2.50. The molecular weight excluding hydrogens is 252 g/mol. The van der Waals surface area contributed by atoms with Gasteiger partial charge >= 0.3 is 0 Å². The average molecular weight is 278 g/mol. The first-order valence-electron chi connectivity index (χ1n) is 6.87. The van der Waals surface area contributed by atoms with Crippen molar-refractivity contribution in [2.45, 2.75) is 52.0 Å². The van der Waals surface area contributed by atoms with Crippen molar-refractivity contribution in [1.82, 2.24) is 0 Å². The summed E-state index contributed by atoms with van der Waals surface area (Å²) in [6.45, 7) is 10.4.